The summed E-state index contributed by atoms with van der Waals surface area (Å²) < 4.78 is 0. The van der Waals surface area contributed by atoms with Crippen LogP contribution in [0.15, 0.2) is 0 Å². The molecule has 2 rings (SSSR count). The highest BCUT2D eigenvalue weighted by atomic mass is 16.2. The van der Waals surface area contributed by atoms with Crippen LogP contribution in [0.1, 0.15) is 46.0 Å². The summed E-state index contributed by atoms with van der Waals surface area (Å²) in [5, 5.41) is 3.59. The van der Waals surface area contributed by atoms with Crippen LogP contribution >= 0.6 is 0 Å². The predicted octanol–water partition coefficient (Wildman–Crippen LogP) is 2.02. The summed E-state index contributed by atoms with van der Waals surface area (Å²) in [7, 11) is 0. The standard InChI is InChI=1S/C14H26N2O/c1-11(2)9-14(17)16-8-4-5-12(10-16)13-6-3-7-15-13/h11-13,15H,3-10H2,1-2H3. The second kappa shape index (κ2) is 5.85. The van der Waals surface area contributed by atoms with Gasteiger partial charge in [0.05, 0.1) is 0 Å². The molecule has 2 atom stereocenters. The maximum absolute atomic E-state index is 12.1. The van der Waals surface area contributed by atoms with E-state index >= 15 is 0 Å². The van der Waals surface area contributed by atoms with E-state index in [9.17, 15) is 4.79 Å². The molecule has 0 saturated carbocycles. The van der Waals surface area contributed by atoms with Crippen LogP contribution in [-0.4, -0.2) is 36.5 Å². The zero-order chi connectivity index (χ0) is 12.3. The first-order valence-corrected chi connectivity index (χ1v) is 7.18. The molecule has 3 nitrogen and oxygen atoms in total. The number of rotatable bonds is 3. The molecule has 0 aliphatic carbocycles. The Balaban J connectivity index is 1.85. The normalized spacial score (nSPS) is 29.9. The van der Waals surface area contributed by atoms with Gasteiger partial charge in [-0.1, -0.05) is 13.8 Å². The van der Waals surface area contributed by atoms with Crippen LogP contribution < -0.4 is 5.32 Å². The third-order valence-electron chi connectivity index (χ3n) is 4.06. The van der Waals surface area contributed by atoms with E-state index in [0.717, 1.165) is 13.1 Å². The van der Waals surface area contributed by atoms with Crippen molar-refractivity contribution in [3.8, 4) is 0 Å². The molecular weight excluding hydrogens is 212 g/mol. The number of piperidine rings is 1. The van der Waals surface area contributed by atoms with Crippen LogP contribution in [0.5, 0.6) is 0 Å². The van der Waals surface area contributed by atoms with Crippen LogP contribution in [0.3, 0.4) is 0 Å². The second-order valence-electron chi connectivity index (χ2n) is 6.04. The molecule has 2 saturated heterocycles. The molecule has 2 unspecified atom stereocenters. The molecule has 0 aromatic heterocycles. The number of carbonyl (C=O) groups excluding carboxylic acids is 1. The van der Waals surface area contributed by atoms with Gasteiger partial charge >= 0.3 is 0 Å². The van der Waals surface area contributed by atoms with E-state index in [-0.39, 0.29) is 0 Å². The van der Waals surface area contributed by atoms with Crippen molar-refractivity contribution in [1.29, 1.82) is 0 Å². The second-order valence-corrected chi connectivity index (χ2v) is 6.04. The number of likely N-dealkylation sites (tertiary alicyclic amines) is 1. The van der Waals surface area contributed by atoms with Crippen molar-refractivity contribution in [2.45, 2.75) is 52.0 Å². The highest BCUT2D eigenvalue weighted by Gasteiger charge is 2.30. The largest absolute Gasteiger partial charge is 0.342 e. The lowest BCUT2D eigenvalue weighted by Crippen LogP contribution is -2.46. The quantitative estimate of drug-likeness (QED) is 0.816. The molecule has 98 valence electrons. The Hall–Kier alpha value is -0.570. The summed E-state index contributed by atoms with van der Waals surface area (Å²) in [5.41, 5.74) is 0. The topological polar surface area (TPSA) is 32.3 Å². The van der Waals surface area contributed by atoms with E-state index < -0.39 is 0 Å². The lowest BCUT2D eigenvalue weighted by molar-refractivity contribution is -0.134. The van der Waals surface area contributed by atoms with Crippen LogP contribution in [0, 0.1) is 11.8 Å². The van der Waals surface area contributed by atoms with Crippen LogP contribution in [-0.2, 0) is 4.79 Å². The first-order valence-electron chi connectivity index (χ1n) is 7.18. The molecular formula is C14H26N2O. The van der Waals surface area contributed by atoms with Gasteiger partial charge in [-0.2, -0.15) is 0 Å². The third kappa shape index (κ3) is 3.44. The summed E-state index contributed by atoms with van der Waals surface area (Å²) in [6.45, 7) is 7.38. The zero-order valence-electron chi connectivity index (χ0n) is 11.2. The maximum atomic E-state index is 12.1. The molecule has 2 fully saturated rings. The van der Waals surface area contributed by atoms with Crippen LogP contribution in [0.2, 0.25) is 0 Å². The van der Waals surface area contributed by atoms with Crippen molar-refractivity contribution >= 4 is 5.91 Å². The molecule has 2 aliphatic rings. The van der Waals surface area contributed by atoms with Crippen molar-refractivity contribution in [2.24, 2.45) is 11.8 Å². The van der Waals surface area contributed by atoms with Crippen LogP contribution in [0.25, 0.3) is 0 Å². The lowest BCUT2D eigenvalue weighted by Gasteiger charge is -2.36. The van der Waals surface area contributed by atoms with Gasteiger partial charge < -0.3 is 10.2 Å². The van der Waals surface area contributed by atoms with Gasteiger partial charge in [-0.25, -0.2) is 0 Å². The monoisotopic (exact) mass is 238 g/mol. The Kier molecular flexibility index (Phi) is 4.43. The van der Waals surface area contributed by atoms with E-state index in [1.165, 1.54) is 32.2 Å². The molecule has 2 aliphatic heterocycles. The summed E-state index contributed by atoms with van der Waals surface area (Å²) in [4.78, 5) is 14.2. The van der Waals surface area contributed by atoms with E-state index in [0.29, 0.717) is 30.2 Å². The van der Waals surface area contributed by atoms with Crippen LogP contribution in [0.4, 0.5) is 0 Å². The Morgan fingerprint density at radius 2 is 2.18 bits per heavy atom. The highest BCUT2D eigenvalue weighted by molar-refractivity contribution is 5.76. The minimum absolute atomic E-state index is 0.364. The Bertz CT molecular complexity index is 259. The summed E-state index contributed by atoms with van der Waals surface area (Å²) in [6, 6.07) is 0.671. The number of hydrogen-bond acceptors (Lipinski definition) is 2. The number of carbonyl (C=O) groups is 1. The maximum Gasteiger partial charge on any atom is 0.222 e. The fraction of sp³-hybridized carbons (Fsp3) is 0.929. The number of nitrogens with zero attached hydrogens (tertiary/aromatic N) is 1. The van der Waals surface area contributed by atoms with Gasteiger partial charge in [-0.3, -0.25) is 4.79 Å². The third-order valence-corrected chi connectivity index (χ3v) is 4.06. The molecule has 0 bridgehead atoms. The van der Waals surface area contributed by atoms with Gasteiger partial charge in [0, 0.05) is 25.6 Å². The highest BCUT2D eigenvalue weighted by Crippen LogP contribution is 2.25. The van der Waals surface area contributed by atoms with Gasteiger partial charge in [0.2, 0.25) is 5.91 Å². The summed E-state index contributed by atoms with van der Waals surface area (Å²) in [6.07, 6.45) is 5.80. The Labute approximate surface area is 105 Å². The Morgan fingerprint density at radius 3 is 2.82 bits per heavy atom. The predicted molar refractivity (Wildman–Crippen MR) is 69.8 cm³/mol. The first kappa shape index (κ1) is 12.9. The van der Waals surface area contributed by atoms with Gasteiger partial charge in [0.15, 0.2) is 0 Å². The van der Waals surface area contributed by atoms with Gasteiger partial charge in [-0.15, -0.1) is 0 Å². The fourth-order valence-corrected chi connectivity index (χ4v) is 3.16. The van der Waals surface area contributed by atoms with E-state index in [1.54, 1.807) is 0 Å². The molecule has 2 heterocycles. The molecule has 0 aromatic rings. The number of hydrogen-bond donors (Lipinski definition) is 1. The van der Waals surface area contributed by atoms with E-state index in [2.05, 4.69) is 24.1 Å². The van der Waals surface area contributed by atoms with Crippen molar-refractivity contribution in [1.82, 2.24) is 10.2 Å². The molecule has 0 spiro atoms. The number of nitrogens with one attached hydrogen (secondary N) is 1. The van der Waals surface area contributed by atoms with Gasteiger partial charge in [-0.05, 0) is 44.1 Å². The molecule has 1 N–H and O–H groups in total. The van der Waals surface area contributed by atoms with Gasteiger partial charge in [0.1, 0.15) is 0 Å². The minimum Gasteiger partial charge on any atom is -0.342 e. The molecule has 0 radical (unpaired) electrons. The lowest BCUT2D eigenvalue weighted by atomic mass is 9.89. The smallest absolute Gasteiger partial charge is 0.222 e. The van der Waals surface area contributed by atoms with Crippen molar-refractivity contribution < 1.29 is 4.79 Å². The molecule has 3 heteroatoms. The SMILES string of the molecule is CC(C)CC(=O)N1CCCC(C2CCCN2)C1. The van der Waals surface area contributed by atoms with E-state index in [4.69, 9.17) is 0 Å². The Morgan fingerprint density at radius 1 is 1.35 bits per heavy atom. The minimum atomic E-state index is 0.364. The molecule has 17 heavy (non-hydrogen) atoms. The average Bonchev–Trinajstić information content (AvgIpc) is 2.82. The fourth-order valence-electron chi connectivity index (χ4n) is 3.16. The van der Waals surface area contributed by atoms with E-state index in [1.807, 2.05) is 0 Å². The first-order chi connectivity index (χ1) is 8.16. The summed E-state index contributed by atoms with van der Waals surface area (Å²) >= 11 is 0. The van der Waals surface area contributed by atoms with Crippen molar-refractivity contribution in [3.63, 3.8) is 0 Å². The van der Waals surface area contributed by atoms with Gasteiger partial charge in [0.25, 0.3) is 0 Å². The average molecular weight is 238 g/mol. The zero-order valence-corrected chi connectivity index (χ0v) is 11.2. The summed E-state index contributed by atoms with van der Waals surface area (Å²) in [5.74, 6) is 1.54. The number of amides is 1. The van der Waals surface area contributed by atoms with Crippen molar-refractivity contribution in [2.75, 3.05) is 19.6 Å². The molecule has 1 amide bonds. The van der Waals surface area contributed by atoms with Crippen molar-refractivity contribution in [3.05, 3.63) is 0 Å². The molecule has 0 aromatic carbocycles.